The molecule has 0 aliphatic heterocycles. The molecular formula is C9H14N2O4S2. The van der Waals surface area contributed by atoms with E-state index in [-0.39, 0.29) is 16.3 Å². The van der Waals surface area contributed by atoms with Gasteiger partial charge in [0.05, 0.1) is 9.77 Å². The van der Waals surface area contributed by atoms with E-state index >= 15 is 0 Å². The van der Waals surface area contributed by atoms with Crippen LogP contribution >= 0.6 is 11.3 Å². The van der Waals surface area contributed by atoms with Crippen LogP contribution in [0.5, 0.6) is 0 Å². The lowest BCUT2D eigenvalue weighted by molar-refractivity contribution is 0.100. The van der Waals surface area contributed by atoms with Crippen LogP contribution in [0.3, 0.4) is 0 Å². The van der Waals surface area contributed by atoms with E-state index in [9.17, 15) is 13.2 Å². The minimum atomic E-state index is -3.56. The van der Waals surface area contributed by atoms with Gasteiger partial charge in [-0.25, -0.2) is 13.1 Å². The second kappa shape index (κ2) is 6.10. The van der Waals surface area contributed by atoms with Gasteiger partial charge in [0, 0.05) is 25.6 Å². The van der Waals surface area contributed by atoms with Crippen molar-refractivity contribution in [3.63, 3.8) is 0 Å². The molecule has 0 aromatic carbocycles. The van der Waals surface area contributed by atoms with E-state index in [0.29, 0.717) is 13.0 Å². The molecule has 6 nitrogen and oxygen atoms in total. The van der Waals surface area contributed by atoms with Gasteiger partial charge < -0.3 is 10.5 Å². The molecule has 1 aromatic heterocycles. The fourth-order valence-electron chi connectivity index (χ4n) is 1.10. The molecule has 0 spiro atoms. The highest BCUT2D eigenvalue weighted by atomic mass is 32.2. The summed E-state index contributed by atoms with van der Waals surface area (Å²) in [5.74, 6) is -0.629. The SMILES string of the molecule is COCCCNS(=O)(=O)c1csc(C(N)=O)c1. The lowest BCUT2D eigenvalue weighted by Crippen LogP contribution is -2.25. The number of rotatable bonds is 7. The molecule has 0 fully saturated rings. The normalized spacial score (nSPS) is 11.6. The van der Waals surface area contributed by atoms with Gasteiger partial charge in [0.15, 0.2) is 0 Å². The summed E-state index contributed by atoms with van der Waals surface area (Å²) < 4.78 is 30.7. The smallest absolute Gasteiger partial charge is 0.258 e. The van der Waals surface area contributed by atoms with Crippen LogP contribution in [0.2, 0.25) is 0 Å². The molecule has 1 aromatic rings. The van der Waals surface area contributed by atoms with Crippen molar-refractivity contribution in [2.24, 2.45) is 5.73 Å². The van der Waals surface area contributed by atoms with E-state index < -0.39 is 15.9 Å². The van der Waals surface area contributed by atoms with Crippen molar-refractivity contribution in [3.05, 3.63) is 16.3 Å². The van der Waals surface area contributed by atoms with Crippen molar-refractivity contribution in [2.45, 2.75) is 11.3 Å². The molecule has 0 bridgehead atoms. The zero-order chi connectivity index (χ0) is 12.9. The molecule has 0 saturated carbocycles. The first-order valence-electron chi connectivity index (χ1n) is 4.84. The average molecular weight is 278 g/mol. The number of ether oxygens (including phenoxy) is 1. The molecule has 96 valence electrons. The van der Waals surface area contributed by atoms with Gasteiger partial charge in [-0.15, -0.1) is 11.3 Å². The lowest BCUT2D eigenvalue weighted by atomic mass is 10.5. The number of hydrogen-bond donors (Lipinski definition) is 2. The predicted molar refractivity (Wildman–Crippen MR) is 64.5 cm³/mol. The van der Waals surface area contributed by atoms with Crippen LogP contribution in [-0.4, -0.2) is 34.6 Å². The van der Waals surface area contributed by atoms with Gasteiger partial charge in [0.25, 0.3) is 5.91 Å². The lowest BCUT2D eigenvalue weighted by Gasteiger charge is -2.03. The quantitative estimate of drug-likeness (QED) is 0.694. The fraction of sp³-hybridized carbons (Fsp3) is 0.444. The zero-order valence-corrected chi connectivity index (χ0v) is 10.9. The van der Waals surface area contributed by atoms with Gasteiger partial charge in [-0.3, -0.25) is 4.79 Å². The standard InChI is InChI=1S/C9H14N2O4S2/c1-15-4-2-3-11-17(13,14)7-5-8(9(10)12)16-6-7/h5-6,11H,2-4H2,1H3,(H2,10,12). The number of nitrogens with one attached hydrogen (secondary N) is 1. The minimum Gasteiger partial charge on any atom is -0.385 e. The summed E-state index contributed by atoms with van der Waals surface area (Å²) in [6, 6.07) is 1.27. The number of hydrogen-bond acceptors (Lipinski definition) is 5. The molecule has 0 unspecified atom stereocenters. The number of amides is 1. The van der Waals surface area contributed by atoms with Crippen molar-refractivity contribution < 1.29 is 17.9 Å². The summed E-state index contributed by atoms with van der Waals surface area (Å²) in [5, 5.41) is 1.39. The number of methoxy groups -OCH3 is 1. The van der Waals surface area contributed by atoms with Gasteiger partial charge in [-0.1, -0.05) is 0 Å². The Morgan fingerprint density at radius 2 is 2.29 bits per heavy atom. The molecule has 0 radical (unpaired) electrons. The summed E-state index contributed by atoms with van der Waals surface area (Å²) in [5.41, 5.74) is 5.05. The van der Waals surface area contributed by atoms with E-state index in [2.05, 4.69) is 4.72 Å². The molecule has 0 saturated heterocycles. The number of primary amides is 1. The van der Waals surface area contributed by atoms with E-state index in [4.69, 9.17) is 10.5 Å². The molecule has 8 heteroatoms. The molecule has 0 atom stereocenters. The van der Waals surface area contributed by atoms with Crippen LogP contribution in [0.15, 0.2) is 16.3 Å². The van der Waals surface area contributed by atoms with E-state index in [1.54, 1.807) is 7.11 Å². The largest absolute Gasteiger partial charge is 0.385 e. The van der Waals surface area contributed by atoms with Crippen LogP contribution in [0.4, 0.5) is 0 Å². The number of nitrogens with two attached hydrogens (primary N) is 1. The Kier molecular flexibility index (Phi) is 5.06. The summed E-state index contributed by atoms with van der Waals surface area (Å²) in [4.78, 5) is 11.1. The van der Waals surface area contributed by atoms with Crippen molar-refractivity contribution in [1.82, 2.24) is 4.72 Å². The van der Waals surface area contributed by atoms with Crippen LogP contribution in [0.1, 0.15) is 16.1 Å². The third kappa shape index (κ3) is 4.08. The Morgan fingerprint density at radius 3 is 2.82 bits per heavy atom. The topological polar surface area (TPSA) is 98.5 Å². The van der Waals surface area contributed by atoms with Crippen LogP contribution in [-0.2, 0) is 14.8 Å². The highest BCUT2D eigenvalue weighted by Gasteiger charge is 2.16. The zero-order valence-electron chi connectivity index (χ0n) is 9.30. The van der Waals surface area contributed by atoms with Gasteiger partial charge >= 0.3 is 0 Å². The Labute approximate surface area is 104 Å². The maximum absolute atomic E-state index is 11.7. The van der Waals surface area contributed by atoms with Crippen molar-refractivity contribution >= 4 is 27.3 Å². The van der Waals surface area contributed by atoms with E-state index in [0.717, 1.165) is 11.3 Å². The van der Waals surface area contributed by atoms with Crippen LogP contribution in [0.25, 0.3) is 0 Å². The Hall–Kier alpha value is -0.960. The molecule has 0 aliphatic rings. The van der Waals surface area contributed by atoms with Crippen molar-refractivity contribution in [1.29, 1.82) is 0 Å². The summed E-state index contributed by atoms with van der Waals surface area (Å²) in [7, 11) is -2.01. The molecule has 17 heavy (non-hydrogen) atoms. The third-order valence-corrected chi connectivity index (χ3v) is 4.48. The number of carbonyl (C=O) groups is 1. The molecule has 3 N–H and O–H groups in total. The highest BCUT2D eigenvalue weighted by Crippen LogP contribution is 2.18. The second-order valence-electron chi connectivity index (χ2n) is 3.26. The third-order valence-electron chi connectivity index (χ3n) is 1.95. The first-order valence-corrected chi connectivity index (χ1v) is 7.20. The average Bonchev–Trinajstić information content (AvgIpc) is 2.74. The fourth-order valence-corrected chi connectivity index (χ4v) is 3.30. The first kappa shape index (κ1) is 14.1. The molecule has 1 heterocycles. The minimum absolute atomic E-state index is 0.0636. The summed E-state index contributed by atoms with van der Waals surface area (Å²) in [6.45, 7) is 0.774. The van der Waals surface area contributed by atoms with Gasteiger partial charge in [0.1, 0.15) is 0 Å². The van der Waals surface area contributed by atoms with Gasteiger partial charge in [0.2, 0.25) is 10.0 Å². The maximum atomic E-state index is 11.7. The van der Waals surface area contributed by atoms with Crippen LogP contribution < -0.4 is 10.5 Å². The molecule has 0 aliphatic carbocycles. The number of thiophene rings is 1. The second-order valence-corrected chi connectivity index (χ2v) is 5.93. The molecular weight excluding hydrogens is 264 g/mol. The monoisotopic (exact) mass is 278 g/mol. The highest BCUT2D eigenvalue weighted by molar-refractivity contribution is 7.89. The van der Waals surface area contributed by atoms with E-state index in [1.807, 2.05) is 0 Å². The number of carbonyl (C=O) groups excluding carboxylic acids is 1. The Morgan fingerprint density at radius 1 is 1.59 bits per heavy atom. The van der Waals surface area contributed by atoms with Crippen LogP contribution in [0, 0.1) is 0 Å². The molecule has 1 amide bonds. The van der Waals surface area contributed by atoms with E-state index in [1.165, 1.54) is 11.4 Å². The van der Waals surface area contributed by atoms with Crippen molar-refractivity contribution in [3.8, 4) is 0 Å². The summed E-state index contributed by atoms with van der Waals surface area (Å²) in [6.07, 6.45) is 0.586. The first-order chi connectivity index (χ1) is 7.97. The number of sulfonamides is 1. The predicted octanol–water partition coefficient (Wildman–Crippen LogP) is 0.162. The van der Waals surface area contributed by atoms with Gasteiger partial charge in [-0.2, -0.15) is 0 Å². The maximum Gasteiger partial charge on any atom is 0.258 e. The summed E-state index contributed by atoms with van der Waals surface area (Å²) >= 11 is 1.01. The van der Waals surface area contributed by atoms with Gasteiger partial charge in [-0.05, 0) is 12.5 Å². The Bertz CT molecular complexity index is 481. The Balaban J connectivity index is 2.66. The van der Waals surface area contributed by atoms with Crippen molar-refractivity contribution in [2.75, 3.05) is 20.3 Å². The molecule has 1 rings (SSSR count).